The molecule has 0 radical (unpaired) electrons. The Hall–Kier alpha value is -2.74. The number of nitrogens with zero attached hydrogens (tertiary/aromatic N) is 1. The van der Waals surface area contributed by atoms with Gasteiger partial charge in [0.05, 0.1) is 30.5 Å². The zero-order valence-electron chi connectivity index (χ0n) is 13.1. The number of ether oxygens (including phenoxy) is 2. The predicted octanol–water partition coefficient (Wildman–Crippen LogP) is 1.85. The van der Waals surface area contributed by atoms with Gasteiger partial charge >= 0.3 is 0 Å². The molecular formula is C16H16N2O5S. The normalized spacial score (nSPS) is 13.9. The van der Waals surface area contributed by atoms with Crippen LogP contribution in [0.25, 0.3) is 0 Å². The third kappa shape index (κ3) is 2.65. The molecule has 0 spiro atoms. The van der Waals surface area contributed by atoms with E-state index in [1.807, 2.05) is 0 Å². The fraction of sp³-hybridized carbons (Fsp3) is 0.188. The van der Waals surface area contributed by atoms with E-state index >= 15 is 0 Å². The number of methoxy groups -OCH3 is 2. The Bertz CT molecular complexity index is 895. The fourth-order valence-electron chi connectivity index (χ4n) is 2.52. The van der Waals surface area contributed by atoms with Crippen LogP contribution in [-0.2, 0) is 14.8 Å². The summed E-state index contributed by atoms with van der Waals surface area (Å²) in [5.41, 5.74) is 0.879. The van der Waals surface area contributed by atoms with Crippen molar-refractivity contribution in [3.8, 4) is 11.5 Å². The summed E-state index contributed by atoms with van der Waals surface area (Å²) in [5.74, 6) is 0.333. The first-order valence-electron chi connectivity index (χ1n) is 7.11. The van der Waals surface area contributed by atoms with Crippen molar-refractivity contribution in [3.05, 3.63) is 42.5 Å². The third-order valence-electron chi connectivity index (χ3n) is 3.68. The molecule has 0 saturated carbocycles. The first-order valence-corrected chi connectivity index (χ1v) is 8.55. The zero-order chi connectivity index (χ0) is 17.3. The number of benzene rings is 2. The zero-order valence-corrected chi connectivity index (χ0v) is 14.0. The second kappa shape index (κ2) is 6.04. The van der Waals surface area contributed by atoms with E-state index in [1.54, 1.807) is 24.3 Å². The molecule has 2 aromatic carbocycles. The average Bonchev–Trinajstić information content (AvgIpc) is 2.60. The number of carbonyl (C=O) groups excluding carboxylic acids is 1. The highest BCUT2D eigenvalue weighted by molar-refractivity contribution is 7.92. The number of hydrogen-bond acceptors (Lipinski definition) is 5. The molecule has 1 N–H and O–H groups in total. The van der Waals surface area contributed by atoms with Crippen molar-refractivity contribution in [1.29, 1.82) is 0 Å². The number of carbonyl (C=O) groups is 1. The van der Waals surface area contributed by atoms with E-state index in [-0.39, 0.29) is 11.4 Å². The Morgan fingerprint density at radius 3 is 2.46 bits per heavy atom. The number of fused-ring (bicyclic) bond motifs is 1. The van der Waals surface area contributed by atoms with Crippen LogP contribution < -0.4 is 19.1 Å². The van der Waals surface area contributed by atoms with Crippen LogP contribution in [0.15, 0.2) is 47.4 Å². The van der Waals surface area contributed by atoms with Gasteiger partial charge in [-0.2, -0.15) is 0 Å². The van der Waals surface area contributed by atoms with Gasteiger partial charge in [0.15, 0.2) is 11.5 Å². The summed E-state index contributed by atoms with van der Waals surface area (Å²) in [5, 5.41) is 2.66. The lowest BCUT2D eigenvalue weighted by molar-refractivity contribution is -0.115. The van der Waals surface area contributed by atoms with Gasteiger partial charge in [0.2, 0.25) is 5.91 Å². The summed E-state index contributed by atoms with van der Waals surface area (Å²) in [4.78, 5) is 11.9. The lowest BCUT2D eigenvalue weighted by Crippen LogP contribution is -2.42. The summed E-state index contributed by atoms with van der Waals surface area (Å²) in [7, 11) is -1.03. The Morgan fingerprint density at radius 2 is 1.75 bits per heavy atom. The second-order valence-electron chi connectivity index (χ2n) is 5.09. The van der Waals surface area contributed by atoms with Crippen molar-refractivity contribution < 1.29 is 22.7 Å². The minimum atomic E-state index is -3.93. The van der Waals surface area contributed by atoms with Gasteiger partial charge in [-0.3, -0.25) is 9.10 Å². The molecule has 0 atom stereocenters. The lowest BCUT2D eigenvalue weighted by atomic mass is 10.2. The average molecular weight is 348 g/mol. The standard InChI is InChI=1S/C16H16N2O5S/c1-22-14-8-7-11(9-15(14)23-2)24(20,21)18-10-16(19)17-12-5-3-4-6-13(12)18/h3-9H,10H2,1-2H3,(H,17,19). The van der Waals surface area contributed by atoms with E-state index in [4.69, 9.17) is 9.47 Å². The maximum Gasteiger partial charge on any atom is 0.265 e. The van der Waals surface area contributed by atoms with Crippen molar-refractivity contribution in [2.24, 2.45) is 0 Å². The molecule has 0 bridgehead atoms. The molecule has 0 saturated heterocycles. The Kier molecular flexibility index (Phi) is 4.06. The van der Waals surface area contributed by atoms with Crippen LogP contribution >= 0.6 is 0 Å². The molecule has 8 heteroatoms. The van der Waals surface area contributed by atoms with E-state index in [1.165, 1.54) is 32.4 Å². The van der Waals surface area contributed by atoms with Crippen LogP contribution in [-0.4, -0.2) is 35.1 Å². The molecule has 2 aromatic rings. The van der Waals surface area contributed by atoms with Gasteiger partial charge in [-0.15, -0.1) is 0 Å². The number of hydrogen-bond donors (Lipinski definition) is 1. The summed E-state index contributed by atoms with van der Waals surface area (Å²) < 4.78 is 37.4. The number of para-hydroxylation sites is 2. The van der Waals surface area contributed by atoms with Gasteiger partial charge in [-0.05, 0) is 24.3 Å². The molecule has 24 heavy (non-hydrogen) atoms. The highest BCUT2D eigenvalue weighted by Crippen LogP contribution is 2.35. The Labute approximate surface area is 139 Å². The molecule has 0 unspecified atom stereocenters. The largest absolute Gasteiger partial charge is 0.493 e. The molecule has 1 amide bonds. The van der Waals surface area contributed by atoms with E-state index in [9.17, 15) is 13.2 Å². The van der Waals surface area contributed by atoms with Crippen LogP contribution in [0.3, 0.4) is 0 Å². The van der Waals surface area contributed by atoms with Gasteiger partial charge in [-0.1, -0.05) is 12.1 Å². The van der Waals surface area contributed by atoms with Gasteiger partial charge in [-0.25, -0.2) is 8.42 Å². The van der Waals surface area contributed by atoms with Crippen molar-refractivity contribution in [1.82, 2.24) is 0 Å². The smallest absolute Gasteiger partial charge is 0.265 e. The third-order valence-corrected chi connectivity index (χ3v) is 5.43. The van der Waals surface area contributed by atoms with Gasteiger partial charge in [0, 0.05) is 6.07 Å². The van der Waals surface area contributed by atoms with Crippen molar-refractivity contribution in [3.63, 3.8) is 0 Å². The monoisotopic (exact) mass is 348 g/mol. The van der Waals surface area contributed by atoms with Crippen molar-refractivity contribution in [2.75, 3.05) is 30.4 Å². The van der Waals surface area contributed by atoms with Crippen LogP contribution in [0.5, 0.6) is 11.5 Å². The molecule has 7 nitrogen and oxygen atoms in total. The second-order valence-corrected chi connectivity index (χ2v) is 6.96. The van der Waals surface area contributed by atoms with E-state index < -0.39 is 15.9 Å². The topological polar surface area (TPSA) is 84.9 Å². The molecule has 0 aromatic heterocycles. The molecule has 0 aliphatic carbocycles. The maximum absolute atomic E-state index is 13.0. The first-order chi connectivity index (χ1) is 11.5. The van der Waals surface area contributed by atoms with Gasteiger partial charge in [0.25, 0.3) is 10.0 Å². The van der Waals surface area contributed by atoms with Gasteiger partial charge in [0.1, 0.15) is 6.54 Å². The van der Waals surface area contributed by atoms with Gasteiger partial charge < -0.3 is 14.8 Å². The molecule has 1 heterocycles. The highest BCUT2D eigenvalue weighted by Gasteiger charge is 2.32. The van der Waals surface area contributed by atoms with Crippen LogP contribution in [0.4, 0.5) is 11.4 Å². The van der Waals surface area contributed by atoms with E-state index in [0.717, 1.165) is 4.31 Å². The highest BCUT2D eigenvalue weighted by atomic mass is 32.2. The number of nitrogens with one attached hydrogen (secondary N) is 1. The maximum atomic E-state index is 13.0. The Morgan fingerprint density at radius 1 is 1.04 bits per heavy atom. The molecule has 126 valence electrons. The molecule has 1 aliphatic heterocycles. The van der Waals surface area contributed by atoms with Crippen LogP contribution in [0, 0.1) is 0 Å². The number of rotatable bonds is 4. The molecular weight excluding hydrogens is 332 g/mol. The SMILES string of the molecule is COc1ccc(S(=O)(=O)N2CC(=O)Nc3ccccc32)cc1OC. The number of amides is 1. The lowest BCUT2D eigenvalue weighted by Gasteiger charge is -2.30. The van der Waals surface area contributed by atoms with Crippen LogP contribution in [0.1, 0.15) is 0 Å². The number of anilines is 2. The Balaban J connectivity index is 2.10. The predicted molar refractivity (Wildman–Crippen MR) is 89.1 cm³/mol. The van der Waals surface area contributed by atoms with Crippen molar-refractivity contribution >= 4 is 27.3 Å². The summed E-state index contributed by atoms with van der Waals surface area (Å²) in [6.45, 7) is -0.284. The van der Waals surface area contributed by atoms with Crippen LogP contribution in [0.2, 0.25) is 0 Å². The van der Waals surface area contributed by atoms with E-state index in [2.05, 4.69) is 5.32 Å². The summed E-state index contributed by atoms with van der Waals surface area (Å²) in [6, 6.07) is 11.1. The summed E-state index contributed by atoms with van der Waals surface area (Å²) in [6.07, 6.45) is 0. The summed E-state index contributed by atoms with van der Waals surface area (Å²) >= 11 is 0. The first kappa shape index (κ1) is 16.1. The molecule has 0 fully saturated rings. The molecule has 1 aliphatic rings. The molecule has 3 rings (SSSR count). The quantitative estimate of drug-likeness (QED) is 0.911. The minimum absolute atomic E-state index is 0.0182. The minimum Gasteiger partial charge on any atom is -0.493 e. The van der Waals surface area contributed by atoms with Crippen molar-refractivity contribution in [2.45, 2.75) is 4.90 Å². The fourth-order valence-corrected chi connectivity index (χ4v) is 3.98. The number of sulfonamides is 1. The van der Waals surface area contributed by atoms with E-state index in [0.29, 0.717) is 22.9 Å².